The molecular formula is C14H27N3O2. The first-order valence-corrected chi connectivity index (χ1v) is 7.56. The van der Waals surface area contributed by atoms with Crippen molar-refractivity contribution in [3.05, 3.63) is 0 Å². The SMILES string of the molecule is CCC(N)CC(=O)N1CCN(CC2CCCO2)CC1. The molecule has 2 saturated heterocycles. The highest BCUT2D eigenvalue weighted by Gasteiger charge is 2.25. The molecule has 0 aromatic heterocycles. The van der Waals surface area contributed by atoms with E-state index in [0.717, 1.165) is 45.8 Å². The topological polar surface area (TPSA) is 58.8 Å². The van der Waals surface area contributed by atoms with Gasteiger partial charge in [0.15, 0.2) is 0 Å². The minimum atomic E-state index is 0.0115. The molecule has 5 heteroatoms. The zero-order valence-electron chi connectivity index (χ0n) is 12.0. The number of amides is 1. The minimum absolute atomic E-state index is 0.0115. The van der Waals surface area contributed by atoms with Crippen LogP contribution in [0.5, 0.6) is 0 Å². The molecule has 1 amide bonds. The predicted octanol–water partition coefficient (Wildman–Crippen LogP) is 0.437. The number of rotatable bonds is 5. The highest BCUT2D eigenvalue weighted by Crippen LogP contribution is 2.14. The highest BCUT2D eigenvalue weighted by atomic mass is 16.5. The van der Waals surface area contributed by atoms with Gasteiger partial charge >= 0.3 is 0 Å². The lowest BCUT2D eigenvalue weighted by Gasteiger charge is -2.36. The van der Waals surface area contributed by atoms with Crippen molar-refractivity contribution < 1.29 is 9.53 Å². The largest absolute Gasteiger partial charge is 0.377 e. The lowest BCUT2D eigenvalue weighted by molar-refractivity contribution is -0.133. The van der Waals surface area contributed by atoms with Crippen LogP contribution in [0.4, 0.5) is 0 Å². The maximum atomic E-state index is 12.0. The van der Waals surface area contributed by atoms with E-state index in [1.807, 2.05) is 11.8 Å². The van der Waals surface area contributed by atoms with Gasteiger partial charge in [0.2, 0.25) is 5.91 Å². The lowest BCUT2D eigenvalue weighted by Crippen LogP contribution is -2.51. The summed E-state index contributed by atoms with van der Waals surface area (Å²) in [6, 6.07) is 0.0115. The van der Waals surface area contributed by atoms with Crippen molar-refractivity contribution in [2.75, 3.05) is 39.3 Å². The van der Waals surface area contributed by atoms with Gasteiger partial charge in [0, 0.05) is 51.8 Å². The van der Waals surface area contributed by atoms with Crippen LogP contribution in [0.2, 0.25) is 0 Å². The molecule has 0 spiro atoms. The third-order valence-electron chi connectivity index (χ3n) is 4.17. The molecule has 2 fully saturated rings. The molecule has 110 valence electrons. The van der Waals surface area contributed by atoms with Crippen LogP contribution in [0.25, 0.3) is 0 Å². The van der Waals surface area contributed by atoms with Gasteiger partial charge in [-0.3, -0.25) is 9.69 Å². The van der Waals surface area contributed by atoms with Crippen LogP contribution in [0.3, 0.4) is 0 Å². The molecule has 2 aliphatic rings. The number of piperazine rings is 1. The minimum Gasteiger partial charge on any atom is -0.377 e. The van der Waals surface area contributed by atoms with Gasteiger partial charge in [-0.15, -0.1) is 0 Å². The molecule has 0 radical (unpaired) electrons. The quantitative estimate of drug-likeness (QED) is 0.786. The lowest BCUT2D eigenvalue weighted by atomic mass is 10.1. The van der Waals surface area contributed by atoms with Crippen molar-refractivity contribution in [2.24, 2.45) is 5.73 Å². The van der Waals surface area contributed by atoms with Gasteiger partial charge in [-0.05, 0) is 19.3 Å². The Morgan fingerprint density at radius 1 is 1.37 bits per heavy atom. The average molecular weight is 269 g/mol. The molecule has 0 aromatic carbocycles. The van der Waals surface area contributed by atoms with Crippen LogP contribution < -0.4 is 5.73 Å². The molecule has 0 saturated carbocycles. The molecule has 2 N–H and O–H groups in total. The van der Waals surface area contributed by atoms with E-state index in [9.17, 15) is 4.79 Å². The number of carbonyl (C=O) groups is 1. The number of carbonyl (C=O) groups excluding carboxylic acids is 1. The fourth-order valence-corrected chi connectivity index (χ4v) is 2.75. The fraction of sp³-hybridized carbons (Fsp3) is 0.929. The van der Waals surface area contributed by atoms with Gasteiger partial charge in [0.05, 0.1) is 6.10 Å². The molecule has 0 aliphatic carbocycles. The Labute approximate surface area is 116 Å². The van der Waals surface area contributed by atoms with E-state index < -0.39 is 0 Å². The normalized spacial score (nSPS) is 26.6. The van der Waals surface area contributed by atoms with Gasteiger partial charge < -0.3 is 15.4 Å². The smallest absolute Gasteiger partial charge is 0.224 e. The summed E-state index contributed by atoms with van der Waals surface area (Å²) in [6.45, 7) is 7.57. The molecule has 2 rings (SSSR count). The fourth-order valence-electron chi connectivity index (χ4n) is 2.75. The number of hydrogen-bond donors (Lipinski definition) is 1. The first-order chi connectivity index (χ1) is 9.19. The van der Waals surface area contributed by atoms with Gasteiger partial charge in [0.25, 0.3) is 0 Å². The molecule has 2 unspecified atom stereocenters. The van der Waals surface area contributed by atoms with Crippen LogP contribution in [-0.2, 0) is 9.53 Å². The van der Waals surface area contributed by atoms with Gasteiger partial charge in [-0.25, -0.2) is 0 Å². The number of nitrogens with zero attached hydrogens (tertiary/aromatic N) is 2. The summed E-state index contributed by atoms with van der Waals surface area (Å²) in [5.41, 5.74) is 5.84. The maximum Gasteiger partial charge on any atom is 0.224 e. The zero-order chi connectivity index (χ0) is 13.7. The third-order valence-corrected chi connectivity index (χ3v) is 4.17. The molecular weight excluding hydrogens is 242 g/mol. The summed E-state index contributed by atoms with van der Waals surface area (Å²) in [7, 11) is 0. The van der Waals surface area contributed by atoms with E-state index in [4.69, 9.17) is 10.5 Å². The van der Waals surface area contributed by atoms with Crippen LogP contribution in [0, 0.1) is 0 Å². The average Bonchev–Trinajstić information content (AvgIpc) is 2.92. The van der Waals surface area contributed by atoms with Gasteiger partial charge in [-0.2, -0.15) is 0 Å². The molecule has 2 aliphatic heterocycles. The molecule has 2 atom stereocenters. The Balaban J connectivity index is 1.68. The van der Waals surface area contributed by atoms with Gasteiger partial charge in [0.1, 0.15) is 0 Å². The Morgan fingerprint density at radius 2 is 2.11 bits per heavy atom. The molecule has 0 bridgehead atoms. The van der Waals surface area contributed by atoms with Crippen LogP contribution in [0.15, 0.2) is 0 Å². The van der Waals surface area contributed by atoms with Crippen molar-refractivity contribution in [1.82, 2.24) is 9.80 Å². The zero-order valence-corrected chi connectivity index (χ0v) is 12.0. The third kappa shape index (κ3) is 4.44. The summed E-state index contributed by atoms with van der Waals surface area (Å²) in [4.78, 5) is 16.4. The summed E-state index contributed by atoms with van der Waals surface area (Å²) in [5, 5.41) is 0. The van der Waals surface area contributed by atoms with E-state index in [-0.39, 0.29) is 11.9 Å². The summed E-state index contributed by atoms with van der Waals surface area (Å²) in [6.07, 6.45) is 4.14. The van der Waals surface area contributed by atoms with E-state index in [0.29, 0.717) is 12.5 Å². The summed E-state index contributed by atoms with van der Waals surface area (Å²) >= 11 is 0. The van der Waals surface area contributed by atoms with Crippen molar-refractivity contribution in [1.29, 1.82) is 0 Å². The van der Waals surface area contributed by atoms with E-state index >= 15 is 0 Å². The van der Waals surface area contributed by atoms with Crippen molar-refractivity contribution >= 4 is 5.91 Å². The molecule has 0 aromatic rings. The predicted molar refractivity (Wildman–Crippen MR) is 74.9 cm³/mol. The van der Waals surface area contributed by atoms with E-state index in [2.05, 4.69) is 4.90 Å². The van der Waals surface area contributed by atoms with E-state index in [1.54, 1.807) is 0 Å². The number of hydrogen-bond acceptors (Lipinski definition) is 4. The Kier molecular flexibility index (Phi) is 5.60. The molecule has 2 heterocycles. The number of ether oxygens (including phenoxy) is 1. The Morgan fingerprint density at radius 3 is 2.68 bits per heavy atom. The standard InChI is InChI=1S/C14H27N3O2/c1-2-12(15)10-14(18)17-7-5-16(6-8-17)11-13-4-3-9-19-13/h12-13H,2-11,15H2,1H3. The highest BCUT2D eigenvalue weighted by molar-refractivity contribution is 5.76. The van der Waals surface area contributed by atoms with E-state index in [1.165, 1.54) is 12.8 Å². The Bertz CT molecular complexity index is 284. The molecule has 5 nitrogen and oxygen atoms in total. The van der Waals surface area contributed by atoms with Crippen LogP contribution in [-0.4, -0.2) is 67.2 Å². The van der Waals surface area contributed by atoms with Crippen molar-refractivity contribution in [2.45, 2.75) is 44.8 Å². The second-order valence-electron chi connectivity index (χ2n) is 5.69. The van der Waals surface area contributed by atoms with Crippen LogP contribution >= 0.6 is 0 Å². The second kappa shape index (κ2) is 7.22. The van der Waals surface area contributed by atoms with Crippen molar-refractivity contribution in [3.63, 3.8) is 0 Å². The second-order valence-corrected chi connectivity index (χ2v) is 5.69. The first-order valence-electron chi connectivity index (χ1n) is 7.56. The summed E-state index contributed by atoms with van der Waals surface area (Å²) < 4.78 is 5.66. The molecule has 19 heavy (non-hydrogen) atoms. The summed E-state index contributed by atoms with van der Waals surface area (Å²) in [5.74, 6) is 0.214. The maximum absolute atomic E-state index is 12.0. The van der Waals surface area contributed by atoms with Crippen LogP contribution in [0.1, 0.15) is 32.6 Å². The monoisotopic (exact) mass is 269 g/mol. The number of nitrogens with two attached hydrogens (primary N) is 1. The van der Waals surface area contributed by atoms with Gasteiger partial charge in [-0.1, -0.05) is 6.92 Å². The Hall–Kier alpha value is -0.650. The first kappa shape index (κ1) is 14.8. The van der Waals surface area contributed by atoms with Crippen molar-refractivity contribution in [3.8, 4) is 0 Å².